The lowest BCUT2D eigenvalue weighted by molar-refractivity contribution is -0.129. The normalized spacial score (nSPS) is 17.0. The van der Waals surface area contributed by atoms with E-state index in [2.05, 4.69) is 36.4 Å². The van der Waals surface area contributed by atoms with Gasteiger partial charge in [-0.05, 0) is 44.9 Å². The first-order valence-corrected chi connectivity index (χ1v) is 10.1. The third-order valence-corrected chi connectivity index (χ3v) is 4.88. The minimum atomic E-state index is 0. The topological polar surface area (TPSA) is 77.0 Å². The first-order valence-electron chi connectivity index (χ1n) is 10.1. The molecule has 1 amide bonds. The second-order valence-electron chi connectivity index (χ2n) is 6.85. The molecule has 1 aliphatic heterocycles. The molecular weight excluding hydrogens is 443 g/mol. The van der Waals surface area contributed by atoms with Gasteiger partial charge in [-0.15, -0.1) is 24.0 Å². The molecular formula is C19H39IN4O2. The monoisotopic (exact) mass is 482 g/mol. The number of guanidine groups is 1. The third kappa shape index (κ3) is 9.39. The van der Waals surface area contributed by atoms with Crippen molar-refractivity contribution < 1.29 is 9.90 Å². The van der Waals surface area contributed by atoms with E-state index in [0.717, 1.165) is 70.7 Å². The van der Waals surface area contributed by atoms with Crippen LogP contribution in [0.1, 0.15) is 65.7 Å². The highest BCUT2D eigenvalue weighted by Gasteiger charge is 2.26. The van der Waals surface area contributed by atoms with Gasteiger partial charge in [-0.2, -0.15) is 0 Å². The van der Waals surface area contributed by atoms with Crippen LogP contribution in [0, 0.1) is 5.92 Å². The van der Waals surface area contributed by atoms with Gasteiger partial charge in [0, 0.05) is 45.2 Å². The molecule has 0 spiro atoms. The van der Waals surface area contributed by atoms with Crippen molar-refractivity contribution >= 4 is 35.8 Å². The van der Waals surface area contributed by atoms with E-state index in [1.165, 1.54) is 0 Å². The summed E-state index contributed by atoms with van der Waals surface area (Å²) in [6.45, 7) is 9.90. The van der Waals surface area contributed by atoms with Crippen LogP contribution in [-0.2, 0) is 4.79 Å². The second kappa shape index (κ2) is 15.5. The third-order valence-electron chi connectivity index (χ3n) is 4.88. The van der Waals surface area contributed by atoms with Crippen LogP contribution in [0.3, 0.4) is 0 Å². The van der Waals surface area contributed by atoms with Gasteiger partial charge in [-0.25, -0.2) is 0 Å². The number of hydrogen-bond acceptors (Lipinski definition) is 3. The van der Waals surface area contributed by atoms with Crippen LogP contribution in [0.4, 0.5) is 0 Å². The van der Waals surface area contributed by atoms with Crippen molar-refractivity contribution in [3.63, 3.8) is 0 Å². The van der Waals surface area contributed by atoms with Gasteiger partial charge in [0.25, 0.3) is 0 Å². The molecule has 1 fully saturated rings. The summed E-state index contributed by atoms with van der Waals surface area (Å²) in [5.41, 5.74) is 0. The Hall–Kier alpha value is -0.570. The van der Waals surface area contributed by atoms with Gasteiger partial charge in [0.2, 0.25) is 5.91 Å². The molecule has 0 aromatic rings. The molecule has 0 aliphatic carbocycles. The van der Waals surface area contributed by atoms with Crippen LogP contribution in [0.25, 0.3) is 0 Å². The maximum absolute atomic E-state index is 11.9. The molecule has 154 valence electrons. The van der Waals surface area contributed by atoms with Gasteiger partial charge in [0.05, 0.1) is 0 Å². The number of aliphatic hydroxyl groups is 1. The highest BCUT2D eigenvalue weighted by Crippen LogP contribution is 2.17. The predicted octanol–water partition coefficient (Wildman–Crippen LogP) is 2.75. The summed E-state index contributed by atoms with van der Waals surface area (Å²) in [5.74, 6) is 1.58. The predicted molar refractivity (Wildman–Crippen MR) is 119 cm³/mol. The SMILES string of the molecule is CCCC(CCO)CN=C(NCC)NCCC(CC)N1CCCC1=O.I. The zero-order valence-electron chi connectivity index (χ0n) is 16.8. The van der Waals surface area contributed by atoms with E-state index in [9.17, 15) is 9.90 Å². The Morgan fingerprint density at radius 1 is 1.23 bits per heavy atom. The highest BCUT2D eigenvalue weighted by molar-refractivity contribution is 14.0. The van der Waals surface area contributed by atoms with Gasteiger partial charge in [-0.3, -0.25) is 9.79 Å². The quantitative estimate of drug-likeness (QED) is 0.227. The van der Waals surface area contributed by atoms with E-state index >= 15 is 0 Å². The Morgan fingerprint density at radius 3 is 2.54 bits per heavy atom. The van der Waals surface area contributed by atoms with Crippen LogP contribution >= 0.6 is 24.0 Å². The van der Waals surface area contributed by atoms with Gasteiger partial charge in [0.15, 0.2) is 5.96 Å². The van der Waals surface area contributed by atoms with Crippen LogP contribution < -0.4 is 10.6 Å². The molecule has 0 saturated carbocycles. The fourth-order valence-electron chi connectivity index (χ4n) is 3.47. The second-order valence-corrected chi connectivity index (χ2v) is 6.85. The maximum Gasteiger partial charge on any atom is 0.222 e. The Morgan fingerprint density at radius 2 is 2.00 bits per heavy atom. The van der Waals surface area contributed by atoms with Crippen LogP contribution in [-0.4, -0.2) is 60.7 Å². The average Bonchev–Trinajstić information content (AvgIpc) is 3.02. The number of amides is 1. The van der Waals surface area contributed by atoms with E-state index in [4.69, 9.17) is 0 Å². The van der Waals surface area contributed by atoms with E-state index < -0.39 is 0 Å². The number of aliphatic hydroxyl groups excluding tert-OH is 1. The van der Waals surface area contributed by atoms with Crippen molar-refractivity contribution in [2.45, 2.75) is 71.8 Å². The maximum atomic E-state index is 11.9. The molecule has 0 radical (unpaired) electrons. The molecule has 2 atom stereocenters. The molecule has 0 aromatic carbocycles. The summed E-state index contributed by atoms with van der Waals surface area (Å²) in [5, 5.41) is 15.9. The number of rotatable bonds is 12. The fourth-order valence-corrected chi connectivity index (χ4v) is 3.47. The van der Waals surface area contributed by atoms with E-state index in [1.54, 1.807) is 0 Å². The Kier molecular flexibility index (Phi) is 15.1. The summed E-state index contributed by atoms with van der Waals surface area (Å²) >= 11 is 0. The molecule has 0 bridgehead atoms. The lowest BCUT2D eigenvalue weighted by atomic mass is 10.0. The molecule has 3 N–H and O–H groups in total. The van der Waals surface area contributed by atoms with Crippen LogP contribution in [0.5, 0.6) is 0 Å². The van der Waals surface area contributed by atoms with Gasteiger partial charge in [-0.1, -0.05) is 20.3 Å². The fraction of sp³-hybridized carbons (Fsp3) is 0.895. The van der Waals surface area contributed by atoms with E-state index in [0.29, 0.717) is 24.3 Å². The number of carbonyl (C=O) groups excluding carboxylic acids is 1. The zero-order chi connectivity index (χ0) is 18.5. The summed E-state index contributed by atoms with van der Waals surface area (Å²) < 4.78 is 0. The molecule has 1 aliphatic rings. The summed E-state index contributed by atoms with van der Waals surface area (Å²) in [4.78, 5) is 18.7. The lowest BCUT2D eigenvalue weighted by Crippen LogP contribution is -2.42. The van der Waals surface area contributed by atoms with E-state index in [-0.39, 0.29) is 30.6 Å². The first kappa shape index (κ1) is 25.4. The van der Waals surface area contributed by atoms with Crippen molar-refractivity contribution in [1.29, 1.82) is 0 Å². The summed E-state index contributed by atoms with van der Waals surface area (Å²) in [6, 6.07) is 0.326. The number of nitrogens with one attached hydrogen (secondary N) is 2. The number of likely N-dealkylation sites (tertiary alicyclic amines) is 1. The van der Waals surface area contributed by atoms with Crippen LogP contribution in [0.2, 0.25) is 0 Å². The Labute approximate surface area is 176 Å². The van der Waals surface area contributed by atoms with Crippen LogP contribution in [0.15, 0.2) is 4.99 Å². The largest absolute Gasteiger partial charge is 0.396 e. The number of nitrogens with zero attached hydrogens (tertiary/aromatic N) is 2. The molecule has 1 rings (SSSR count). The summed E-state index contributed by atoms with van der Waals surface area (Å²) in [7, 11) is 0. The molecule has 7 heteroatoms. The molecule has 6 nitrogen and oxygen atoms in total. The highest BCUT2D eigenvalue weighted by atomic mass is 127. The molecule has 1 saturated heterocycles. The molecule has 1 heterocycles. The van der Waals surface area contributed by atoms with Gasteiger partial charge < -0.3 is 20.6 Å². The van der Waals surface area contributed by atoms with Gasteiger partial charge >= 0.3 is 0 Å². The molecule has 0 aromatic heterocycles. The minimum Gasteiger partial charge on any atom is -0.396 e. The molecule has 2 unspecified atom stereocenters. The minimum absolute atomic E-state index is 0. The van der Waals surface area contributed by atoms with Crippen molar-refractivity contribution in [3.05, 3.63) is 0 Å². The Bertz CT molecular complexity index is 401. The zero-order valence-corrected chi connectivity index (χ0v) is 19.1. The number of aliphatic imine (C=N–C) groups is 1. The van der Waals surface area contributed by atoms with Gasteiger partial charge in [0.1, 0.15) is 0 Å². The van der Waals surface area contributed by atoms with Crippen molar-refractivity contribution in [2.24, 2.45) is 10.9 Å². The Balaban J connectivity index is 0.00000625. The van der Waals surface area contributed by atoms with Crippen molar-refractivity contribution in [2.75, 3.05) is 32.8 Å². The number of carbonyl (C=O) groups is 1. The molecule has 26 heavy (non-hydrogen) atoms. The number of hydrogen-bond donors (Lipinski definition) is 3. The average molecular weight is 482 g/mol. The van der Waals surface area contributed by atoms with Crippen molar-refractivity contribution in [1.82, 2.24) is 15.5 Å². The smallest absolute Gasteiger partial charge is 0.222 e. The lowest BCUT2D eigenvalue weighted by Gasteiger charge is -2.27. The first-order chi connectivity index (χ1) is 12.2. The summed E-state index contributed by atoms with van der Waals surface area (Å²) in [6.07, 6.45) is 6.67. The van der Waals surface area contributed by atoms with Crippen molar-refractivity contribution in [3.8, 4) is 0 Å². The van der Waals surface area contributed by atoms with E-state index in [1.807, 2.05) is 4.90 Å². The standard InChI is InChI=1S/C19H38N4O2.HI/c1-4-8-16(11-14-24)15-22-19(20-6-3)21-12-10-17(5-2)23-13-7-9-18(23)25;/h16-17,24H,4-15H2,1-3H3,(H2,20,21,22);1H. The number of halogens is 1.